The number of nitrogens with one attached hydrogen (secondary N) is 1. The molecule has 0 fully saturated rings. The summed E-state index contributed by atoms with van der Waals surface area (Å²) in [5, 5.41) is 9.74. The fourth-order valence-electron chi connectivity index (χ4n) is 0.836. The number of esters is 1. The maximum atomic E-state index is 11.2. The van der Waals surface area contributed by atoms with Crippen LogP contribution in [0.3, 0.4) is 0 Å². The summed E-state index contributed by atoms with van der Waals surface area (Å²) >= 11 is 0. The minimum atomic E-state index is -0.833. The summed E-state index contributed by atoms with van der Waals surface area (Å²) in [6.45, 7) is 11.4. The van der Waals surface area contributed by atoms with Crippen LogP contribution in [0, 0.1) is 0 Å². The zero-order valence-corrected chi connectivity index (χ0v) is 13.2. The number of amides is 1. The summed E-state index contributed by atoms with van der Waals surface area (Å²) < 4.78 is 9.97. The van der Waals surface area contributed by atoms with Crippen LogP contribution in [0.25, 0.3) is 0 Å². The minimum Gasteiger partial charge on any atom is -0.481 e. The van der Waals surface area contributed by atoms with Gasteiger partial charge in [0.15, 0.2) is 0 Å². The van der Waals surface area contributed by atoms with E-state index in [0.29, 0.717) is 0 Å². The van der Waals surface area contributed by atoms with Crippen LogP contribution in [0.5, 0.6) is 0 Å². The third-order valence-corrected chi connectivity index (χ3v) is 1.20. The Hall–Kier alpha value is -1.79. The van der Waals surface area contributed by atoms with E-state index in [1.165, 1.54) is 0 Å². The van der Waals surface area contributed by atoms with Crippen LogP contribution < -0.4 is 5.32 Å². The molecule has 0 rings (SSSR count). The fourth-order valence-corrected chi connectivity index (χ4v) is 0.836. The highest BCUT2D eigenvalue weighted by molar-refractivity contribution is 5.78. The molecule has 0 spiro atoms. The van der Waals surface area contributed by atoms with Crippen molar-refractivity contribution in [3.8, 4) is 0 Å². The summed E-state index contributed by atoms with van der Waals surface area (Å²) in [7, 11) is 0. The molecule has 0 aromatic rings. The molecule has 2 N–H and O–H groups in total. The van der Waals surface area contributed by atoms with E-state index in [2.05, 4.69) is 5.32 Å². The Morgan fingerprint density at radius 1 is 0.950 bits per heavy atom. The highest BCUT2D eigenvalue weighted by Crippen LogP contribution is 2.07. The first-order chi connectivity index (χ1) is 8.73. The smallest absolute Gasteiger partial charge is 0.408 e. The number of ether oxygens (including phenoxy) is 2. The molecule has 7 heteroatoms. The zero-order chi connectivity index (χ0) is 16.6. The van der Waals surface area contributed by atoms with Gasteiger partial charge in [0.2, 0.25) is 0 Å². The topological polar surface area (TPSA) is 102 Å². The molecule has 0 saturated heterocycles. The average molecular weight is 291 g/mol. The number of carbonyl (C=O) groups excluding carboxylic acids is 2. The standard InChI is InChI=1S/C11H21NO4.C2H4O2/c1-10(2,3)15-8(13)7-12-9(14)16-11(4,5)6;1-2(3)4/h7H2,1-6H3,(H,12,14);1H3,(H,3,4). The normalized spacial score (nSPS) is 10.8. The lowest BCUT2D eigenvalue weighted by molar-refractivity contribution is -0.153. The molecule has 0 aliphatic heterocycles. The van der Waals surface area contributed by atoms with Gasteiger partial charge in [-0.2, -0.15) is 0 Å². The first kappa shape index (κ1) is 20.5. The molecule has 1 amide bonds. The van der Waals surface area contributed by atoms with Gasteiger partial charge >= 0.3 is 12.1 Å². The number of carboxylic acid groups (broad SMARTS) is 1. The van der Waals surface area contributed by atoms with Gasteiger partial charge in [-0.25, -0.2) is 4.79 Å². The first-order valence-corrected chi connectivity index (χ1v) is 6.11. The molecule has 0 aromatic carbocycles. The van der Waals surface area contributed by atoms with Crippen molar-refractivity contribution in [1.82, 2.24) is 5.32 Å². The molecule has 0 bridgehead atoms. The van der Waals surface area contributed by atoms with E-state index in [1.54, 1.807) is 41.5 Å². The second-order valence-electron chi connectivity index (χ2n) is 5.96. The molecule has 0 atom stereocenters. The molecule has 0 radical (unpaired) electrons. The van der Waals surface area contributed by atoms with Gasteiger partial charge < -0.3 is 19.9 Å². The van der Waals surface area contributed by atoms with Crippen molar-refractivity contribution in [1.29, 1.82) is 0 Å². The first-order valence-electron chi connectivity index (χ1n) is 6.11. The summed E-state index contributed by atoms with van der Waals surface area (Å²) in [5.74, 6) is -1.32. The van der Waals surface area contributed by atoms with Crippen molar-refractivity contribution >= 4 is 18.0 Å². The monoisotopic (exact) mass is 291 g/mol. The van der Waals surface area contributed by atoms with Crippen LogP contribution in [0.2, 0.25) is 0 Å². The van der Waals surface area contributed by atoms with Gasteiger partial charge in [0.25, 0.3) is 5.97 Å². The molecule has 0 unspecified atom stereocenters. The number of carboxylic acids is 1. The molecular formula is C13H25NO6. The molecule has 118 valence electrons. The molecule has 0 saturated carbocycles. The van der Waals surface area contributed by atoms with E-state index in [9.17, 15) is 9.59 Å². The van der Waals surface area contributed by atoms with E-state index in [4.69, 9.17) is 19.4 Å². The van der Waals surface area contributed by atoms with E-state index in [1.807, 2.05) is 0 Å². The Kier molecular flexibility index (Phi) is 8.62. The van der Waals surface area contributed by atoms with E-state index >= 15 is 0 Å². The van der Waals surface area contributed by atoms with Gasteiger partial charge in [0.1, 0.15) is 17.7 Å². The second-order valence-corrected chi connectivity index (χ2v) is 5.96. The number of carbonyl (C=O) groups is 3. The molecule has 0 heterocycles. The number of aliphatic carboxylic acids is 1. The Morgan fingerprint density at radius 2 is 1.30 bits per heavy atom. The third-order valence-electron chi connectivity index (χ3n) is 1.20. The summed E-state index contributed by atoms with van der Waals surface area (Å²) in [6, 6.07) is 0. The van der Waals surface area contributed by atoms with Crippen LogP contribution in [-0.4, -0.2) is 40.9 Å². The molecule has 0 aromatic heterocycles. The van der Waals surface area contributed by atoms with Gasteiger partial charge in [-0.05, 0) is 41.5 Å². The van der Waals surface area contributed by atoms with Crippen molar-refractivity contribution < 1.29 is 29.0 Å². The van der Waals surface area contributed by atoms with Crippen molar-refractivity contribution in [2.45, 2.75) is 59.7 Å². The quantitative estimate of drug-likeness (QED) is 0.754. The van der Waals surface area contributed by atoms with Crippen LogP contribution in [-0.2, 0) is 19.1 Å². The number of hydrogen-bond donors (Lipinski definition) is 2. The Balaban J connectivity index is 0. The summed E-state index contributed by atoms with van der Waals surface area (Å²) in [5.41, 5.74) is -1.12. The van der Waals surface area contributed by atoms with Crippen molar-refractivity contribution in [2.75, 3.05) is 6.54 Å². The largest absolute Gasteiger partial charge is 0.481 e. The van der Waals surface area contributed by atoms with Crippen LogP contribution in [0.1, 0.15) is 48.5 Å². The number of hydrogen-bond acceptors (Lipinski definition) is 5. The lowest BCUT2D eigenvalue weighted by atomic mass is 10.2. The molecular weight excluding hydrogens is 266 g/mol. The van der Waals surface area contributed by atoms with Crippen molar-refractivity contribution in [3.63, 3.8) is 0 Å². The van der Waals surface area contributed by atoms with Gasteiger partial charge in [0.05, 0.1) is 0 Å². The Morgan fingerprint density at radius 3 is 1.60 bits per heavy atom. The molecule has 20 heavy (non-hydrogen) atoms. The molecule has 7 nitrogen and oxygen atoms in total. The molecule has 0 aliphatic rings. The van der Waals surface area contributed by atoms with Gasteiger partial charge in [-0.3, -0.25) is 9.59 Å². The van der Waals surface area contributed by atoms with Crippen molar-refractivity contribution in [3.05, 3.63) is 0 Å². The van der Waals surface area contributed by atoms with Crippen LogP contribution in [0.15, 0.2) is 0 Å². The third kappa shape index (κ3) is 21.5. The van der Waals surface area contributed by atoms with Gasteiger partial charge in [-0.1, -0.05) is 0 Å². The molecule has 0 aliphatic carbocycles. The average Bonchev–Trinajstić information content (AvgIpc) is 2.08. The zero-order valence-electron chi connectivity index (χ0n) is 13.2. The van der Waals surface area contributed by atoms with Gasteiger partial charge in [-0.15, -0.1) is 0 Å². The maximum absolute atomic E-state index is 11.2. The van der Waals surface area contributed by atoms with E-state index in [0.717, 1.165) is 6.92 Å². The fraction of sp³-hybridized carbons (Fsp3) is 0.769. The second kappa shape index (κ2) is 8.39. The Bertz CT molecular complexity index is 306. The van der Waals surface area contributed by atoms with Crippen LogP contribution in [0.4, 0.5) is 4.79 Å². The summed E-state index contributed by atoms with van der Waals surface area (Å²) in [4.78, 5) is 31.4. The van der Waals surface area contributed by atoms with Crippen LogP contribution >= 0.6 is 0 Å². The number of rotatable bonds is 2. The van der Waals surface area contributed by atoms with E-state index in [-0.39, 0.29) is 6.54 Å². The minimum absolute atomic E-state index is 0.188. The Labute approximate surface area is 119 Å². The highest BCUT2D eigenvalue weighted by Gasteiger charge is 2.19. The predicted octanol–water partition coefficient (Wildman–Crippen LogP) is 1.94. The maximum Gasteiger partial charge on any atom is 0.408 e. The predicted molar refractivity (Wildman–Crippen MR) is 73.4 cm³/mol. The van der Waals surface area contributed by atoms with Crippen molar-refractivity contribution in [2.24, 2.45) is 0 Å². The number of alkyl carbamates (subject to hydrolysis) is 1. The van der Waals surface area contributed by atoms with Gasteiger partial charge in [0, 0.05) is 6.92 Å². The lowest BCUT2D eigenvalue weighted by Gasteiger charge is -2.21. The SMILES string of the molecule is CC(=O)O.CC(C)(C)OC(=O)CNC(=O)OC(C)(C)C. The summed E-state index contributed by atoms with van der Waals surface area (Å²) in [6.07, 6.45) is -0.627. The highest BCUT2D eigenvalue weighted by atomic mass is 16.6. The lowest BCUT2D eigenvalue weighted by Crippen LogP contribution is -2.37. The van der Waals surface area contributed by atoms with E-state index < -0.39 is 29.2 Å².